The van der Waals surface area contributed by atoms with Crippen molar-refractivity contribution in [3.63, 3.8) is 0 Å². The summed E-state index contributed by atoms with van der Waals surface area (Å²) in [7, 11) is 3.30. The van der Waals surface area contributed by atoms with Crippen LogP contribution in [0.15, 0.2) is 18.2 Å². The first kappa shape index (κ1) is 19.1. The highest BCUT2D eigenvalue weighted by atomic mass is 16.5. The van der Waals surface area contributed by atoms with Gasteiger partial charge < -0.3 is 19.7 Å². The first-order chi connectivity index (χ1) is 13.6. The number of ether oxygens (including phenoxy) is 2. The Morgan fingerprint density at radius 1 is 1.14 bits per heavy atom. The van der Waals surface area contributed by atoms with E-state index in [1.807, 2.05) is 18.2 Å². The van der Waals surface area contributed by atoms with E-state index in [4.69, 9.17) is 9.47 Å². The number of imide groups is 1. The molecule has 1 aromatic rings. The molecule has 0 aromatic heterocycles. The molecule has 2 saturated heterocycles. The lowest BCUT2D eigenvalue weighted by Gasteiger charge is -2.31. The molecular weight excluding hydrogens is 358 g/mol. The number of carbonyl (C=O) groups excluding carboxylic acids is 2. The molecule has 0 bridgehead atoms. The second-order valence-corrected chi connectivity index (χ2v) is 8.18. The van der Waals surface area contributed by atoms with Crippen molar-refractivity contribution in [3.8, 4) is 11.5 Å². The van der Waals surface area contributed by atoms with Gasteiger partial charge in [0, 0.05) is 18.9 Å². The van der Waals surface area contributed by atoms with Crippen LogP contribution in [0.25, 0.3) is 0 Å². The summed E-state index contributed by atoms with van der Waals surface area (Å²) in [6.45, 7) is 1.34. The van der Waals surface area contributed by atoms with Crippen molar-refractivity contribution in [1.29, 1.82) is 0 Å². The van der Waals surface area contributed by atoms with Crippen LogP contribution in [0.4, 0.5) is 4.79 Å². The lowest BCUT2D eigenvalue weighted by Crippen LogP contribution is -3.12. The van der Waals surface area contributed by atoms with Gasteiger partial charge in [-0.25, -0.2) is 9.69 Å². The van der Waals surface area contributed by atoms with Crippen molar-refractivity contribution in [3.05, 3.63) is 23.8 Å². The predicted octanol–water partition coefficient (Wildman–Crippen LogP) is 1.64. The fourth-order valence-corrected chi connectivity index (χ4v) is 5.10. The van der Waals surface area contributed by atoms with E-state index in [-0.39, 0.29) is 18.0 Å². The van der Waals surface area contributed by atoms with E-state index in [0.717, 1.165) is 68.6 Å². The molecule has 1 aromatic carbocycles. The number of nitrogens with zero attached hydrogens (tertiary/aromatic N) is 1. The highest BCUT2D eigenvalue weighted by Gasteiger charge is 2.53. The Morgan fingerprint density at radius 2 is 1.93 bits per heavy atom. The summed E-state index contributed by atoms with van der Waals surface area (Å²) in [6.07, 6.45) is 6.74. The normalized spacial score (nSPS) is 26.6. The first-order valence-electron chi connectivity index (χ1n) is 10.3. The molecule has 7 nitrogen and oxygen atoms in total. The molecule has 2 heterocycles. The number of carbonyl (C=O) groups is 2. The maximum atomic E-state index is 13.1. The van der Waals surface area contributed by atoms with Gasteiger partial charge in [0.05, 0.1) is 26.3 Å². The van der Waals surface area contributed by atoms with Crippen molar-refractivity contribution in [2.75, 3.05) is 27.4 Å². The molecule has 3 fully saturated rings. The van der Waals surface area contributed by atoms with Gasteiger partial charge in [-0.2, -0.15) is 0 Å². The lowest BCUT2D eigenvalue weighted by atomic mass is 9.82. The third-order valence-corrected chi connectivity index (χ3v) is 6.61. The smallest absolute Gasteiger partial charge is 0.329 e. The predicted molar refractivity (Wildman–Crippen MR) is 103 cm³/mol. The number of hydrogen-bond acceptors (Lipinski definition) is 4. The largest absolute Gasteiger partial charge is 0.497 e. The fourth-order valence-electron chi connectivity index (χ4n) is 5.10. The van der Waals surface area contributed by atoms with Crippen LogP contribution in [-0.4, -0.2) is 49.8 Å². The molecule has 1 saturated carbocycles. The zero-order valence-electron chi connectivity index (χ0n) is 16.8. The molecule has 28 heavy (non-hydrogen) atoms. The van der Waals surface area contributed by atoms with E-state index in [1.54, 1.807) is 14.2 Å². The van der Waals surface area contributed by atoms with E-state index in [9.17, 15) is 9.59 Å². The average molecular weight is 388 g/mol. The van der Waals surface area contributed by atoms with Crippen LogP contribution < -0.4 is 19.7 Å². The monoisotopic (exact) mass is 388 g/mol. The highest BCUT2D eigenvalue weighted by Crippen LogP contribution is 2.34. The lowest BCUT2D eigenvalue weighted by molar-refractivity contribution is -0.925. The second-order valence-electron chi connectivity index (χ2n) is 8.18. The van der Waals surface area contributed by atoms with E-state index in [2.05, 4.69) is 5.32 Å². The van der Waals surface area contributed by atoms with Gasteiger partial charge in [-0.3, -0.25) is 4.79 Å². The third-order valence-electron chi connectivity index (χ3n) is 6.61. The van der Waals surface area contributed by atoms with E-state index in [1.165, 1.54) is 9.80 Å². The van der Waals surface area contributed by atoms with Gasteiger partial charge in [0.1, 0.15) is 23.1 Å². The minimum absolute atomic E-state index is 0.0305. The molecule has 2 N–H and O–H groups in total. The zero-order valence-corrected chi connectivity index (χ0v) is 16.8. The maximum absolute atomic E-state index is 13.1. The van der Waals surface area contributed by atoms with Crippen LogP contribution >= 0.6 is 0 Å². The Morgan fingerprint density at radius 3 is 2.64 bits per heavy atom. The Labute approximate surface area is 166 Å². The molecular formula is C21H30N3O4+. The standard InChI is InChI=1S/C21H29N3O4/c1-27-15-8-9-16(18(13-15)28-2)17-7-6-12-23(17)14-24-19(25)21(22-20(24)26)10-4-3-5-11-21/h8-9,13,17H,3-7,10-12,14H2,1-2H3,(H,22,26)/p+1/t17-/m0/s1. The Balaban J connectivity index is 1.53. The van der Waals surface area contributed by atoms with Crippen LogP contribution in [0.5, 0.6) is 11.5 Å². The molecule has 1 spiro atoms. The summed E-state index contributed by atoms with van der Waals surface area (Å²) in [5, 5.41) is 3.02. The Kier molecular flexibility index (Phi) is 5.19. The highest BCUT2D eigenvalue weighted by molar-refractivity contribution is 6.06. The average Bonchev–Trinajstić information content (AvgIpc) is 3.27. The van der Waals surface area contributed by atoms with E-state index < -0.39 is 5.54 Å². The minimum atomic E-state index is -0.651. The van der Waals surface area contributed by atoms with Crippen molar-refractivity contribution >= 4 is 11.9 Å². The number of nitrogens with one attached hydrogen (secondary N) is 2. The zero-order chi connectivity index (χ0) is 19.7. The van der Waals surface area contributed by atoms with Crippen LogP contribution in [0.1, 0.15) is 56.6 Å². The fraction of sp³-hybridized carbons (Fsp3) is 0.619. The SMILES string of the molecule is COc1ccc([C@@H]2CCC[NH+]2CN2C(=O)NC3(CCCCC3)C2=O)c(OC)c1. The molecule has 152 valence electrons. The third kappa shape index (κ3) is 3.21. The van der Waals surface area contributed by atoms with Crippen LogP contribution in [0.2, 0.25) is 0 Å². The molecule has 0 radical (unpaired) electrons. The molecule has 1 unspecified atom stereocenters. The number of urea groups is 1. The summed E-state index contributed by atoms with van der Waals surface area (Å²) >= 11 is 0. The summed E-state index contributed by atoms with van der Waals surface area (Å²) in [5.74, 6) is 1.52. The van der Waals surface area contributed by atoms with Crippen molar-refractivity contribution in [2.45, 2.75) is 56.5 Å². The second kappa shape index (κ2) is 7.62. The van der Waals surface area contributed by atoms with Gasteiger partial charge >= 0.3 is 6.03 Å². The van der Waals surface area contributed by atoms with Crippen LogP contribution in [-0.2, 0) is 4.79 Å². The topological polar surface area (TPSA) is 72.3 Å². The molecule has 3 amide bonds. The number of methoxy groups -OCH3 is 2. The van der Waals surface area contributed by atoms with Gasteiger partial charge in [0.25, 0.3) is 5.91 Å². The maximum Gasteiger partial charge on any atom is 0.329 e. The molecule has 7 heteroatoms. The van der Waals surface area contributed by atoms with Gasteiger partial charge in [-0.05, 0) is 25.0 Å². The Hall–Kier alpha value is -2.28. The van der Waals surface area contributed by atoms with Gasteiger partial charge in [0.2, 0.25) is 0 Å². The molecule has 4 rings (SSSR count). The summed E-state index contributed by atoms with van der Waals surface area (Å²) in [6, 6.07) is 5.85. The van der Waals surface area contributed by atoms with Crippen molar-refractivity contribution < 1.29 is 24.0 Å². The molecule has 2 aliphatic heterocycles. The number of hydrogen-bond donors (Lipinski definition) is 2. The molecule has 1 aliphatic carbocycles. The van der Waals surface area contributed by atoms with Crippen molar-refractivity contribution in [1.82, 2.24) is 10.2 Å². The molecule has 2 atom stereocenters. The van der Waals surface area contributed by atoms with Crippen molar-refractivity contribution in [2.24, 2.45) is 0 Å². The van der Waals surface area contributed by atoms with Gasteiger partial charge in [-0.1, -0.05) is 19.3 Å². The quantitative estimate of drug-likeness (QED) is 0.752. The first-order valence-corrected chi connectivity index (χ1v) is 10.3. The Bertz CT molecular complexity index is 760. The van der Waals surface area contributed by atoms with Gasteiger partial charge in [-0.15, -0.1) is 0 Å². The number of quaternary nitrogens is 1. The molecule has 3 aliphatic rings. The summed E-state index contributed by atoms with van der Waals surface area (Å²) < 4.78 is 10.9. The number of likely N-dealkylation sites (tertiary alicyclic amines) is 1. The minimum Gasteiger partial charge on any atom is -0.497 e. The summed E-state index contributed by atoms with van der Waals surface area (Å²) in [5.41, 5.74) is 0.456. The van der Waals surface area contributed by atoms with Crippen LogP contribution in [0.3, 0.4) is 0 Å². The van der Waals surface area contributed by atoms with E-state index in [0.29, 0.717) is 6.67 Å². The van der Waals surface area contributed by atoms with Crippen LogP contribution in [0, 0.1) is 0 Å². The van der Waals surface area contributed by atoms with E-state index >= 15 is 0 Å². The van der Waals surface area contributed by atoms with Gasteiger partial charge in [0.15, 0.2) is 6.67 Å². The number of benzene rings is 1. The summed E-state index contributed by atoms with van der Waals surface area (Å²) in [4.78, 5) is 28.4. The number of amides is 3. The number of rotatable bonds is 5.